The van der Waals surface area contributed by atoms with Crippen molar-refractivity contribution in [3.8, 4) is 0 Å². The van der Waals surface area contributed by atoms with Crippen LogP contribution >= 0.6 is 0 Å². The second-order valence-electron chi connectivity index (χ2n) is 5.39. The van der Waals surface area contributed by atoms with E-state index in [2.05, 4.69) is 52.0 Å². The molecular weight excluding hydrogens is 252 g/mol. The Hall–Kier alpha value is -1.88. The summed E-state index contributed by atoms with van der Waals surface area (Å²) in [4.78, 5) is 4.82. The van der Waals surface area contributed by atoms with Gasteiger partial charge in [-0.1, -0.05) is 12.1 Å². The van der Waals surface area contributed by atoms with Crippen LogP contribution in [0.15, 0.2) is 29.0 Å². The minimum atomic E-state index is 0.699. The maximum absolute atomic E-state index is 5.21. The highest BCUT2D eigenvalue weighted by atomic mass is 16.4. The number of aryl methyl sites for hydroxylation is 2. The van der Waals surface area contributed by atoms with Crippen LogP contribution in [0.4, 0.5) is 5.69 Å². The summed E-state index contributed by atoms with van der Waals surface area (Å²) in [6, 6.07) is 6.66. The smallest absolute Gasteiger partial charge is 0.230 e. The van der Waals surface area contributed by atoms with Crippen LogP contribution in [0, 0.1) is 13.8 Å². The van der Waals surface area contributed by atoms with Crippen molar-refractivity contribution in [3.05, 3.63) is 41.6 Å². The third-order valence-corrected chi connectivity index (χ3v) is 3.84. The van der Waals surface area contributed by atoms with Gasteiger partial charge < -0.3 is 9.32 Å². The normalized spacial score (nSPS) is 16.6. The van der Waals surface area contributed by atoms with Gasteiger partial charge >= 0.3 is 0 Å². The molecule has 0 radical (unpaired) electrons. The number of aromatic nitrogens is 2. The van der Waals surface area contributed by atoms with Gasteiger partial charge in [-0.05, 0) is 31.0 Å². The summed E-state index contributed by atoms with van der Waals surface area (Å²) in [7, 11) is 0. The predicted molar refractivity (Wildman–Crippen MR) is 77.7 cm³/mol. The van der Waals surface area contributed by atoms with Crippen molar-refractivity contribution in [2.75, 3.05) is 31.1 Å². The summed E-state index contributed by atoms with van der Waals surface area (Å²) in [5.41, 5.74) is 4.03. The fourth-order valence-corrected chi connectivity index (χ4v) is 2.66. The van der Waals surface area contributed by atoms with E-state index >= 15 is 0 Å². The molecule has 20 heavy (non-hydrogen) atoms. The van der Waals surface area contributed by atoms with Crippen LogP contribution in [0.5, 0.6) is 0 Å². The highest BCUT2D eigenvalue weighted by Gasteiger charge is 2.19. The van der Waals surface area contributed by atoms with Gasteiger partial charge in [0.1, 0.15) is 0 Å². The lowest BCUT2D eigenvalue weighted by molar-refractivity contribution is 0.226. The van der Waals surface area contributed by atoms with Crippen molar-refractivity contribution in [1.29, 1.82) is 0 Å². The third kappa shape index (κ3) is 2.82. The van der Waals surface area contributed by atoms with E-state index in [1.54, 1.807) is 0 Å². The monoisotopic (exact) mass is 272 g/mol. The Bertz CT molecular complexity index is 559. The van der Waals surface area contributed by atoms with Gasteiger partial charge in [0.2, 0.25) is 12.3 Å². The van der Waals surface area contributed by atoms with E-state index in [9.17, 15) is 0 Å². The molecule has 5 heteroatoms. The number of piperazine rings is 1. The maximum Gasteiger partial charge on any atom is 0.230 e. The molecule has 0 aliphatic carbocycles. The van der Waals surface area contributed by atoms with Crippen molar-refractivity contribution in [2.24, 2.45) is 0 Å². The van der Waals surface area contributed by atoms with Gasteiger partial charge in [0, 0.05) is 31.9 Å². The van der Waals surface area contributed by atoms with Gasteiger partial charge in [-0.3, -0.25) is 4.90 Å². The highest BCUT2D eigenvalue weighted by Crippen LogP contribution is 2.23. The first kappa shape index (κ1) is 13.1. The van der Waals surface area contributed by atoms with E-state index < -0.39 is 0 Å². The highest BCUT2D eigenvalue weighted by molar-refractivity contribution is 5.55. The van der Waals surface area contributed by atoms with Crippen molar-refractivity contribution < 1.29 is 4.42 Å². The molecule has 1 aliphatic heterocycles. The van der Waals surface area contributed by atoms with Gasteiger partial charge in [0.25, 0.3) is 0 Å². The summed E-state index contributed by atoms with van der Waals surface area (Å²) in [5.74, 6) is 0.699. The summed E-state index contributed by atoms with van der Waals surface area (Å²) >= 11 is 0. The zero-order chi connectivity index (χ0) is 13.9. The van der Waals surface area contributed by atoms with Gasteiger partial charge in [-0.2, -0.15) is 0 Å². The number of rotatable bonds is 3. The first-order chi connectivity index (χ1) is 9.72. The Morgan fingerprint density at radius 1 is 1.15 bits per heavy atom. The molecule has 0 spiro atoms. The molecule has 0 amide bonds. The molecule has 2 aromatic rings. The largest absolute Gasteiger partial charge is 0.427 e. The quantitative estimate of drug-likeness (QED) is 0.855. The maximum atomic E-state index is 5.21. The predicted octanol–water partition coefficient (Wildman–Crippen LogP) is 2.01. The molecule has 1 aromatic heterocycles. The average molecular weight is 272 g/mol. The molecule has 0 N–H and O–H groups in total. The minimum Gasteiger partial charge on any atom is -0.427 e. The Balaban J connectivity index is 1.62. The number of benzene rings is 1. The van der Waals surface area contributed by atoms with E-state index in [-0.39, 0.29) is 0 Å². The van der Waals surface area contributed by atoms with E-state index in [4.69, 9.17) is 4.42 Å². The molecule has 0 saturated carbocycles. The lowest BCUT2D eigenvalue weighted by atomic mass is 10.1. The van der Waals surface area contributed by atoms with Crippen molar-refractivity contribution in [3.63, 3.8) is 0 Å². The van der Waals surface area contributed by atoms with E-state index in [1.807, 2.05) is 0 Å². The fourth-order valence-electron chi connectivity index (χ4n) is 2.66. The van der Waals surface area contributed by atoms with Gasteiger partial charge in [-0.15, -0.1) is 10.2 Å². The minimum absolute atomic E-state index is 0.699. The van der Waals surface area contributed by atoms with E-state index in [0.29, 0.717) is 5.89 Å². The van der Waals surface area contributed by atoms with Gasteiger partial charge in [0.05, 0.1) is 6.54 Å². The first-order valence-electron chi connectivity index (χ1n) is 7.02. The molecule has 106 valence electrons. The molecule has 0 unspecified atom stereocenters. The molecule has 5 nitrogen and oxygen atoms in total. The topological polar surface area (TPSA) is 45.4 Å². The summed E-state index contributed by atoms with van der Waals surface area (Å²) in [6.07, 6.45) is 1.39. The Morgan fingerprint density at radius 3 is 2.65 bits per heavy atom. The molecule has 0 bridgehead atoms. The molecule has 1 saturated heterocycles. The second-order valence-corrected chi connectivity index (χ2v) is 5.39. The van der Waals surface area contributed by atoms with Crippen LogP contribution in [0.2, 0.25) is 0 Å². The third-order valence-electron chi connectivity index (χ3n) is 3.84. The Labute approximate surface area is 119 Å². The Morgan fingerprint density at radius 2 is 1.95 bits per heavy atom. The number of hydrogen-bond acceptors (Lipinski definition) is 5. The van der Waals surface area contributed by atoms with Crippen LogP contribution < -0.4 is 4.90 Å². The molecule has 3 rings (SSSR count). The Kier molecular flexibility index (Phi) is 3.69. The van der Waals surface area contributed by atoms with Gasteiger partial charge in [0.15, 0.2) is 0 Å². The zero-order valence-electron chi connectivity index (χ0n) is 12.0. The fraction of sp³-hybridized carbons (Fsp3) is 0.467. The van der Waals surface area contributed by atoms with Crippen molar-refractivity contribution >= 4 is 5.69 Å². The molecule has 0 atom stereocenters. The molecule has 1 aromatic carbocycles. The van der Waals surface area contributed by atoms with Crippen molar-refractivity contribution in [1.82, 2.24) is 15.1 Å². The molecular formula is C15H20N4O. The van der Waals surface area contributed by atoms with Gasteiger partial charge in [-0.25, -0.2) is 0 Å². The van der Waals surface area contributed by atoms with E-state index in [0.717, 1.165) is 32.7 Å². The average Bonchev–Trinajstić information content (AvgIpc) is 2.95. The summed E-state index contributed by atoms with van der Waals surface area (Å²) in [6.45, 7) is 9.21. The first-order valence-corrected chi connectivity index (χ1v) is 7.02. The lowest BCUT2D eigenvalue weighted by Gasteiger charge is -2.36. The second kappa shape index (κ2) is 5.63. The van der Waals surface area contributed by atoms with Crippen LogP contribution in [0.25, 0.3) is 0 Å². The number of hydrogen-bond donors (Lipinski definition) is 0. The van der Waals surface area contributed by atoms with Crippen LogP contribution in [-0.4, -0.2) is 41.3 Å². The number of anilines is 1. The van der Waals surface area contributed by atoms with Crippen molar-refractivity contribution in [2.45, 2.75) is 20.4 Å². The number of nitrogens with zero attached hydrogens (tertiary/aromatic N) is 4. The standard InChI is InChI=1S/C15H20N4O/c1-12-3-4-13(2)14(9-12)19-7-5-18(6-8-19)10-15-17-16-11-20-15/h3-4,9,11H,5-8,10H2,1-2H3. The van der Waals surface area contributed by atoms with Crippen LogP contribution in [0.1, 0.15) is 17.0 Å². The summed E-state index contributed by atoms with van der Waals surface area (Å²) in [5, 5.41) is 7.66. The summed E-state index contributed by atoms with van der Waals surface area (Å²) < 4.78 is 5.21. The van der Waals surface area contributed by atoms with Crippen LogP contribution in [-0.2, 0) is 6.54 Å². The zero-order valence-corrected chi connectivity index (χ0v) is 12.0. The lowest BCUT2D eigenvalue weighted by Crippen LogP contribution is -2.46. The SMILES string of the molecule is Cc1ccc(C)c(N2CCN(Cc3nnco3)CC2)c1. The molecule has 1 fully saturated rings. The molecule has 1 aliphatic rings. The molecule has 2 heterocycles. The van der Waals surface area contributed by atoms with E-state index in [1.165, 1.54) is 23.2 Å². The van der Waals surface area contributed by atoms with Crippen LogP contribution in [0.3, 0.4) is 0 Å².